The second-order valence-electron chi connectivity index (χ2n) is 6.91. The predicted molar refractivity (Wildman–Crippen MR) is 80.8 cm³/mol. The molecule has 0 aliphatic heterocycles. The molecule has 3 unspecified atom stereocenters. The van der Waals surface area contributed by atoms with E-state index in [1.807, 2.05) is 6.92 Å². The van der Waals surface area contributed by atoms with Gasteiger partial charge >= 0.3 is 5.97 Å². The number of aliphatic carboxylic acids is 1. The van der Waals surface area contributed by atoms with Crippen molar-refractivity contribution in [3.05, 3.63) is 0 Å². The van der Waals surface area contributed by atoms with Crippen molar-refractivity contribution in [1.82, 2.24) is 10.2 Å². The maximum atomic E-state index is 10.8. The zero-order valence-electron chi connectivity index (χ0n) is 13.1. The normalized spacial score (nSPS) is 37.7. The Bertz CT molecular complexity index is 328. The van der Waals surface area contributed by atoms with Crippen LogP contribution in [0.4, 0.5) is 0 Å². The highest BCUT2D eigenvalue weighted by molar-refractivity contribution is 5.69. The molecule has 0 spiro atoms. The summed E-state index contributed by atoms with van der Waals surface area (Å²) in [4.78, 5) is 12.9. The van der Waals surface area contributed by atoms with Gasteiger partial charge in [-0.25, -0.2) is 0 Å². The van der Waals surface area contributed by atoms with Gasteiger partial charge in [-0.15, -0.1) is 0 Å². The Morgan fingerprint density at radius 3 is 2.40 bits per heavy atom. The number of nitrogens with one attached hydrogen (secondary N) is 1. The first-order valence-corrected chi connectivity index (χ1v) is 8.21. The van der Waals surface area contributed by atoms with Gasteiger partial charge in [-0.2, -0.15) is 0 Å². The van der Waals surface area contributed by atoms with Crippen LogP contribution in [0.5, 0.6) is 0 Å². The van der Waals surface area contributed by atoms with E-state index in [0.29, 0.717) is 18.1 Å². The summed E-state index contributed by atoms with van der Waals surface area (Å²) in [5.41, 5.74) is 0. The topological polar surface area (TPSA) is 52.6 Å². The third-order valence-electron chi connectivity index (χ3n) is 5.44. The third-order valence-corrected chi connectivity index (χ3v) is 5.44. The van der Waals surface area contributed by atoms with E-state index >= 15 is 0 Å². The molecule has 20 heavy (non-hydrogen) atoms. The number of carboxylic acids is 1. The lowest BCUT2D eigenvalue weighted by atomic mass is 9.77. The van der Waals surface area contributed by atoms with Crippen molar-refractivity contribution in [1.29, 1.82) is 0 Å². The van der Waals surface area contributed by atoms with Crippen molar-refractivity contribution in [2.24, 2.45) is 11.8 Å². The van der Waals surface area contributed by atoms with Crippen molar-refractivity contribution in [2.75, 3.05) is 13.1 Å². The molecule has 0 saturated heterocycles. The lowest BCUT2D eigenvalue weighted by molar-refractivity contribution is -0.139. The molecular formula is C16H30N2O2. The molecule has 0 aromatic carbocycles. The maximum Gasteiger partial charge on any atom is 0.317 e. The standard InChI is InChI=1S/C16H30N2O2/c1-4-18(10-16(19)20)15-8-14(9-15)17-13-6-5-11(2)12(3)7-13/h11-15,17H,4-10H2,1-3H3,(H,19,20). The fourth-order valence-corrected chi connectivity index (χ4v) is 3.73. The van der Waals surface area contributed by atoms with E-state index in [1.165, 1.54) is 19.3 Å². The number of likely N-dealkylation sites (N-methyl/N-ethyl adjacent to an activating group) is 1. The monoisotopic (exact) mass is 282 g/mol. The van der Waals surface area contributed by atoms with Crippen LogP contribution in [0.1, 0.15) is 52.9 Å². The van der Waals surface area contributed by atoms with Gasteiger partial charge in [0.2, 0.25) is 0 Å². The minimum Gasteiger partial charge on any atom is -0.480 e. The molecule has 0 radical (unpaired) electrons. The highest BCUT2D eigenvalue weighted by Crippen LogP contribution is 2.32. The van der Waals surface area contributed by atoms with Crippen LogP contribution < -0.4 is 5.32 Å². The molecule has 2 rings (SSSR count). The summed E-state index contributed by atoms with van der Waals surface area (Å²) in [5, 5.41) is 12.7. The molecule has 0 aromatic heterocycles. The number of hydrogen-bond donors (Lipinski definition) is 2. The number of carbonyl (C=O) groups is 1. The molecule has 2 aliphatic rings. The molecule has 2 aliphatic carbocycles. The number of rotatable bonds is 6. The quantitative estimate of drug-likeness (QED) is 0.785. The van der Waals surface area contributed by atoms with Crippen LogP contribution in [0.25, 0.3) is 0 Å². The van der Waals surface area contributed by atoms with Gasteiger partial charge in [0.15, 0.2) is 0 Å². The van der Waals surface area contributed by atoms with E-state index in [1.54, 1.807) is 0 Å². The first-order chi connectivity index (χ1) is 9.49. The fraction of sp³-hybridized carbons (Fsp3) is 0.938. The van der Waals surface area contributed by atoms with E-state index in [9.17, 15) is 4.79 Å². The second-order valence-corrected chi connectivity index (χ2v) is 6.91. The van der Waals surface area contributed by atoms with Crippen LogP contribution in [0.15, 0.2) is 0 Å². The smallest absolute Gasteiger partial charge is 0.317 e. The van der Waals surface area contributed by atoms with E-state index in [4.69, 9.17) is 5.11 Å². The van der Waals surface area contributed by atoms with Gasteiger partial charge in [0.25, 0.3) is 0 Å². The summed E-state index contributed by atoms with van der Waals surface area (Å²) < 4.78 is 0. The molecule has 0 heterocycles. The molecule has 4 heteroatoms. The zero-order chi connectivity index (χ0) is 14.7. The van der Waals surface area contributed by atoms with E-state index in [0.717, 1.165) is 31.2 Å². The number of nitrogens with zero attached hydrogens (tertiary/aromatic N) is 1. The Labute approximate surface area is 122 Å². The Kier molecular flexibility index (Phi) is 5.44. The summed E-state index contributed by atoms with van der Waals surface area (Å²) >= 11 is 0. The third kappa shape index (κ3) is 3.95. The Balaban J connectivity index is 1.70. The molecule has 116 valence electrons. The molecule has 2 fully saturated rings. The van der Waals surface area contributed by atoms with Crippen LogP contribution in [0.2, 0.25) is 0 Å². The number of carboxylic acid groups (broad SMARTS) is 1. The summed E-state index contributed by atoms with van der Waals surface area (Å²) in [5.74, 6) is 0.989. The molecule has 0 amide bonds. The molecule has 2 saturated carbocycles. The molecule has 0 bridgehead atoms. The molecule has 4 nitrogen and oxygen atoms in total. The fourth-order valence-electron chi connectivity index (χ4n) is 3.73. The lowest BCUT2D eigenvalue weighted by Crippen LogP contribution is -2.56. The highest BCUT2D eigenvalue weighted by Gasteiger charge is 2.35. The first-order valence-electron chi connectivity index (χ1n) is 8.21. The van der Waals surface area contributed by atoms with Crippen LogP contribution in [-0.4, -0.2) is 47.2 Å². The second kappa shape index (κ2) is 6.90. The summed E-state index contributed by atoms with van der Waals surface area (Å²) in [6, 6.07) is 1.75. The van der Waals surface area contributed by atoms with E-state index < -0.39 is 5.97 Å². The summed E-state index contributed by atoms with van der Waals surface area (Å²) in [6.07, 6.45) is 6.17. The van der Waals surface area contributed by atoms with Crippen molar-refractivity contribution in [3.8, 4) is 0 Å². The van der Waals surface area contributed by atoms with Crippen LogP contribution in [0, 0.1) is 11.8 Å². The Hall–Kier alpha value is -0.610. The Morgan fingerprint density at radius 1 is 1.15 bits per heavy atom. The van der Waals surface area contributed by atoms with Crippen molar-refractivity contribution in [2.45, 2.75) is 71.0 Å². The number of hydrogen-bond acceptors (Lipinski definition) is 3. The van der Waals surface area contributed by atoms with E-state index in [-0.39, 0.29) is 6.54 Å². The van der Waals surface area contributed by atoms with Crippen molar-refractivity contribution >= 4 is 5.97 Å². The van der Waals surface area contributed by atoms with Crippen LogP contribution in [0.3, 0.4) is 0 Å². The van der Waals surface area contributed by atoms with Crippen LogP contribution >= 0.6 is 0 Å². The Morgan fingerprint density at radius 2 is 1.85 bits per heavy atom. The summed E-state index contributed by atoms with van der Waals surface area (Å²) in [7, 11) is 0. The predicted octanol–water partition coefficient (Wildman–Crippen LogP) is 2.34. The van der Waals surface area contributed by atoms with Crippen molar-refractivity contribution < 1.29 is 9.90 Å². The maximum absolute atomic E-state index is 10.8. The molecule has 2 N–H and O–H groups in total. The molecule has 0 aromatic rings. The average molecular weight is 282 g/mol. The molecular weight excluding hydrogens is 252 g/mol. The van der Waals surface area contributed by atoms with Gasteiger partial charge in [-0.05, 0) is 50.5 Å². The van der Waals surface area contributed by atoms with Gasteiger partial charge < -0.3 is 10.4 Å². The minimum atomic E-state index is -0.710. The SMILES string of the molecule is CCN(CC(=O)O)C1CC(NC2CCC(C)C(C)C2)C1. The van der Waals surface area contributed by atoms with Gasteiger partial charge in [0.05, 0.1) is 6.54 Å². The molecule has 3 atom stereocenters. The van der Waals surface area contributed by atoms with Gasteiger partial charge in [-0.1, -0.05) is 20.8 Å². The summed E-state index contributed by atoms with van der Waals surface area (Å²) in [6.45, 7) is 7.81. The largest absolute Gasteiger partial charge is 0.480 e. The van der Waals surface area contributed by atoms with Crippen LogP contribution in [-0.2, 0) is 4.79 Å². The highest BCUT2D eigenvalue weighted by atomic mass is 16.4. The average Bonchev–Trinajstić information content (AvgIpc) is 2.35. The minimum absolute atomic E-state index is 0.186. The first kappa shape index (κ1) is 15.8. The van der Waals surface area contributed by atoms with E-state index in [2.05, 4.69) is 24.1 Å². The van der Waals surface area contributed by atoms with Gasteiger partial charge in [0.1, 0.15) is 0 Å². The van der Waals surface area contributed by atoms with Gasteiger partial charge in [-0.3, -0.25) is 9.69 Å². The lowest BCUT2D eigenvalue weighted by Gasteiger charge is -2.45. The van der Waals surface area contributed by atoms with Gasteiger partial charge in [0, 0.05) is 18.1 Å². The zero-order valence-corrected chi connectivity index (χ0v) is 13.1. The van der Waals surface area contributed by atoms with Crippen molar-refractivity contribution in [3.63, 3.8) is 0 Å².